The molecule has 1 saturated heterocycles. The summed E-state index contributed by atoms with van der Waals surface area (Å²) in [7, 11) is 3.06. The zero-order chi connectivity index (χ0) is 26.8. The van der Waals surface area contributed by atoms with Crippen LogP contribution in [-0.2, 0) is 19.2 Å². The Morgan fingerprint density at radius 1 is 1.18 bits per heavy atom. The molecule has 3 N–H and O–H groups in total. The lowest BCUT2D eigenvalue weighted by Gasteiger charge is -2.37. The van der Waals surface area contributed by atoms with Gasteiger partial charge in [-0.05, 0) is 38.0 Å². The second-order valence-electron chi connectivity index (χ2n) is 11.0. The van der Waals surface area contributed by atoms with Crippen molar-refractivity contribution in [1.82, 2.24) is 20.0 Å². The van der Waals surface area contributed by atoms with E-state index in [1.807, 2.05) is 34.6 Å². The molecular formula is C23H41N5O5S. The molecule has 0 aromatic carbocycles. The summed E-state index contributed by atoms with van der Waals surface area (Å²) in [6.07, 6.45) is 0.480. The Balaban J connectivity index is 2.93. The van der Waals surface area contributed by atoms with E-state index >= 15 is 0 Å². The van der Waals surface area contributed by atoms with Crippen molar-refractivity contribution in [2.75, 3.05) is 20.6 Å². The predicted octanol–water partition coefficient (Wildman–Crippen LogP) is 1.24. The molecule has 0 radical (unpaired) electrons. The molecule has 0 spiro atoms. The molecule has 6 amide bonds. The molecule has 11 heteroatoms. The summed E-state index contributed by atoms with van der Waals surface area (Å²) in [4.78, 5) is 66.9. The number of carbonyl (C=O) groups excluding carboxylic acids is 5. The number of amides is 6. The molecule has 0 saturated carbocycles. The number of hydrogen-bond donors (Lipinski definition) is 3. The maximum absolute atomic E-state index is 13.3. The van der Waals surface area contributed by atoms with E-state index in [1.165, 1.54) is 16.8 Å². The summed E-state index contributed by atoms with van der Waals surface area (Å²) in [6, 6.07) is -2.16. The molecular weight excluding hydrogens is 458 g/mol. The fourth-order valence-corrected chi connectivity index (χ4v) is 4.28. The van der Waals surface area contributed by atoms with Crippen LogP contribution in [0.1, 0.15) is 61.3 Å². The van der Waals surface area contributed by atoms with Crippen LogP contribution in [-0.4, -0.2) is 87.9 Å². The van der Waals surface area contributed by atoms with Gasteiger partial charge in [0, 0.05) is 20.6 Å². The summed E-state index contributed by atoms with van der Waals surface area (Å²) >= 11 is 4.35. The highest BCUT2D eigenvalue weighted by molar-refractivity contribution is 7.81. The largest absolute Gasteiger partial charge is 0.368 e. The number of nitrogens with one attached hydrogen (secondary N) is 1. The Hall–Kier alpha value is -2.30. The fraction of sp³-hybridized carbons (Fsp3) is 0.783. The van der Waals surface area contributed by atoms with Crippen molar-refractivity contribution in [3.8, 4) is 0 Å². The van der Waals surface area contributed by atoms with Crippen LogP contribution >= 0.6 is 12.6 Å². The average molecular weight is 500 g/mol. The van der Waals surface area contributed by atoms with Crippen LogP contribution in [0.25, 0.3) is 0 Å². The summed E-state index contributed by atoms with van der Waals surface area (Å²) in [5.41, 5.74) is 4.03. The molecule has 0 aliphatic carbocycles. The first kappa shape index (κ1) is 29.7. The molecule has 1 aliphatic heterocycles. The van der Waals surface area contributed by atoms with E-state index in [2.05, 4.69) is 17.9 Å². The van der Waals surface area contributed by atoms with Gasteiger partial charge in [-0.3, -0.25) is 24.1 Å². The third kappa shape index (κ3) is 6.64. The molecule has 1 heterocycles. The number of carbonyl (C=O) groups is 5. The smallest absolute Gasteiger partial charge is 0.327 e. The standard InChI is InChI=1S/C23H41N5O5S/c1-13(2)12-14(19(31)26(8)16(17(24)29)22(3,4)5)25-18(30)15(34)10-11-28-20(32)23(6,7)27(9)21(28)33/h13-16,34H,10-12H2,1-9H3,(H2,24,29)(H,25,30). The number of rotatable bonds is 10. The Labute approximate surface area is 208 Å². The van der Waals surface area contributed by atoms with Gasteiger partial charge in [-0.2, -0.15) is 12.6 Å². The number of nitrogens with zero attached hydrogens (tertiary/aromatic N) is 3. The highest BCUT2D eigenvalue weighted by Crippen LogP contribution is 2.27. The Bertz CT molecular complexity index is 823. The van der Waals surface area contributed by atoms with Gasteiger partial charge in [0.2, 0.25) is 17.7 Å². The van der Waals surface area contributed by atoms with Crippen molar-refractivity contribution in [3.63, 3.8) is 0 Å². The fourth-order valence-electron chi connectivity index (χ4n) is 4.09. The van der Waals surface area contributed by atoms with E-state index in [-0.39, 0.29) is 24.8 Å². The Kier molecular flexibility index (Phi) is 9.59. The second kappa shape index (κ2) is 11.0. The molecule has 1 fully saturated rings. The van der Waals surface area contributed by atoms with E-state index in [9.17, 15) is 24.0 Å². The first-order valence-electron chi connectivity index (χ1n) is 11.5. The van der Waals surface area contributed by atoms with Crippen LogP contribution in [0.4, 0.5) is 4.79 Å². The molecule has 1 rings (SSSR count). The maximum Gasteiger partial charge on any atom is 0.327 e. The number of imide groups is 1. The summed E-state index contributed by atoms with van der Waals surface area (Å²) in [5, 5.41) is 1.89. The zero-order valence-electron chi connectivity index (χ0n) is 21.8. The molecule has 0 aromatic rings. The molecule has 1 aliphatic rings. The van der Waals surface area contributed by atoms with Crippen molar-refractivity contribution in [2.24, 2.45) is 17.1 Å². The summed E-state index contributed by atoms with van der Waals surface area (Å²) < 4.78 is 0. The van der Waals surface area contributed by atoms with Gasteiger partial charge in [-0.25, -0.2) is 4.79 Å². The molecule has 3 atom stereocenters. The lowest BCUT2D eigenvalue weighted by molar-refractivity contribution is -0.144. The van der Waals surface area contributed by atoms with E-state index < -0.39 is 52.0 Å². The molecule has 0 bridgehead atoms. The summed E-state index contributed by atoms with van der Waals surface area (Å²) in [6.45, 7) is 12.6. The minimum absolute atomic E-state index is 0.0312. The molecule has 194 valence electrons. The number of primary amides is 1. The topological polar surface area (TPSA) is 133 Å². The zero-order valence-corrected chi connectivity index (χ0v) is 22.7. The quantitative estimate of drug-likeness (QED) is 0.307. The van der Waals surface area contributed by atoms with E-state index in [1.54, 1.807) is 20.9 Å². The highest BCUT2D eigenvalue weighted by Gasteiger charge is 2.49. The van der Waals surface area contributed by atoms with Crippen molar-refractivity contribution >= 4 is 42.3 Å². The average Bonchev–Trinajstić information content (AvgIpc) is 2.82. The first-order valence-corrected chi connectivity index (χ1v) is 12.0. The van der Waals surface area contributed by atoms with Crippen molar-refractivity contribution in [1.29, 1.82) is 0 Å². The molecule has 34 heavy (non-hydrogen) atoms. The van der Waals surface area contributed by atoms with Gasteiger partial charge in [-0.1, -0.05) is 34.6 Å². The van der Waals surface area contributed by atoms with Crippen LogP contribution in [0.3, 0.4) is 0 Å². The van der Waals surface area contributed by atoms with Crippen LogP contribution in [0, 0.1) is 11.3 Å². The Morgan fingerprint density at radius 2 is 1.71 bits per heavy atom. The molecule has 3 unspecified atom stereocenters. The van der Waals surface area contributed by atoms with Crippen molar-refractivity contribution in [2.45, 2.75) is 84.2 Å². The predicted molar refractivity (Wildman–Crippen MR) is 133 cm³/mol. The lowest BCUT2D eigenvalue weighted by Crippen LogP contribution is -2.58. The lowest BCUT2D eigenvalue weighted by atomic mass is 9.85. The van der Waals surface area contributed by atoms with Gasteiger partial charge in [0.25, 0.3) is 5.91 Å². The van der Waals surface area contributed by atoms with E-state index in [0.717, 1.165) is 4.90 Å². The molecule has 0 aromatic heterocycles. The number of likely N-dealkylation sites (N-methyl/N-ethyl adjacent to an activating group) is 2. The third-order valence-corrected chi connectivity index (χ3v) is 6.69. The minimum Gasteiger partial charge on any atom is -0.368 e. The summed E-state index contributed by atoms with van der Waals surface area (Å²) in [5.74, 6) is -1.79. The number of hydrogen-bond acceptors (Lipinski definition) is 6. The molecule has 10 nitrogen and oxygen atoms in total. The minimum atomic E-state index is -0.950. The van der Waals surface area contributed by atoms with Crippen LogP contribution < -0.4 is 11.1 Å². The van der Waals surface area contributed by atoms with Gasteiger partial charge >= 0.3 is 6.03 Å². The number of urea groups is 1. The normalized spacial score (nSPS) is 18.7. The number of nitrogens with two attached hydrogens (primary N) is 1. The van der Waals surface area contributed by atoms with Crippen LogP contribution in [0.5, 0.6) is 0 Å². The monoisotopic (exact) mass is 499 g/mol. The third-order valence-electron chi connectivity index (χ3n) is 6.20. The second-order valence-corrected chi connectivity index (χ2v) is 11.6. The number of thiol groups is 1. The van der Waals surface area contributed by atoms with Gasteiger partial charge in [0.1, 0.15) is 17.6 Å². The van der Waals surface area contributed by atoms with Gasteiger partial charge in [0.05, 0.1) is 5.25 Å². The van der Waals surface area contributed by atoms with Gasteiger partial charge in [-0.15, -0.1) is 0 Å². The van der Waals surface area contributed by atoms with Crippen molar-refractivity contribution in [3.05, 3.63) is 0 Å². The van der Waals surface area contributed by atoms with Crippen LogP contribution in [0.15, 0.2) is 0 Å². The maximum atomic E-state index is 13.3. The van der Waals surface area contributed by atoms with Crippen molar-refractivity contribution < 1.29 is 24.0 Å². The first-order chi connectivity index (χ1) is 15.3. The SMILES string of the molecule is CC(C)CC(NC(=O)C(S)CCN1C(=O)N(C)C(C)(C)C1=O)C(=O)N(C)C(C(N)=O)C(C)(C)C. The van der Waals surface area contributed by atoms with Gasteiger partial charge in [0.15, 0.2) is 0 Å². The highest BCUT2D eigenvalue weighted by atomic mass is 32.1. The van der Waals surface area contributed by atoms with Gasteiger partial charge < -0.3 is 20.9 Å². The van der Waals surface area contributed by atoms with Crippen LogP contribution in [0.2, 0.25) is 0 Å². The Morgan fingerprint density at radius 3 is 2.09 bits per heavy atom. The van der Waals surface area contributed by atoms with E-state index in [4.69, 9.17) is 5.73 Å². The van der Waals surface area contributed by atoms with E-state index in [0.29, 0.717) is 6.42 Å².